The zero-order valence-corrected chi connectivity index (χ0v) is 11.1. The Morgan fingerprint density at radius 2 is 2.32 bits per heavy atom. The van der Waals surface area contributed by atoms with Crippen molar-refractivity contribution in [2.45, 2.75) is 0 Å². The third-order valence-corrected chi connectivity index (χ3v) is 3.24. The van der Waals surface area contributed by atoms with Crippen molar-refractivity contribution in [1.29, 1.82) is 0 Å². The number of carbonyl (C=O) groups is 1. The first kappa shape index (κ1) is 15.1. The van der Waals surface area contributed by atoms with Gasteiger partial charge in [-0.2, -0.15) is 0 Å². The van der Waals surface area contributed by atoms with E-state index < -0.39 is 16.0 Å². The maximum atomic E-state index is 11.6. The van der Waals surface area contributed by atoms with Crippen LogP contribution >= 0.6 is 0 Å². The number of sulfonamides is 1. The number of hydrogen-bond acceptors (Lipinski definition) is 5. The number of rotatable bonds is 7. The minimum atomic E-state index is -3.52. The normalized spacial score (nSPS) is 11.6. The largest absolute Gasteiger partial charge is 0.478 e. The van der Waals surface area contributed by atoms with Crippen LogP contribution in [0.3, 0.4) is 0 Å². The minimum Gasteiger partial charge on any atom is -0.478 e. The number of methoxy groups -OCH3 is 1. The number of hydrogen-bond donors (Lipinski definition) is 2. The second-order valence-electron chi connectivity index (χ2n) is 3.56. The lowest BCUT2D eigenvalue weighted by molar-refractivity contribution is -0.131. The fraction of sp³-hybridized carbons (Fsp3) is 0.273. The molecule has 1 rings (SSSR count). The molecule has 0 spiro atoms. The van der Waals surface area contributed by atoms with Crippen molar-refractivity contribution in [3.8, 4) is 0 Å². The van der Waals surface area contributed by atoms with Crippen LogP contribution in [0.4, 0.5) is 5.82 Å². The van der Waals surface area contributed by atoms with Gasteiger partial charge in [0.1, 0.15) is 5.82 Å². The van der Waals surface area contributed by atoms with E-state index in [-0.39, 0.29) is 18.2 Å². The van der Waals surface area contributed by atoms with Crippen LogP contribution in [0.15, 0.2) is 24.4 Å². The molecule has 1 aromatic heterocycles. The number of carboxylic acid groups (broad SMARTS) is 1. The summed E-state index contributed by atoms with van der Waals surface area (Å²) in [5.41, 5.74) is 0.529. The van der Waals surface area contributed by atoms with Gasteiger partial charge in [-0.25, -0.2) is 18.2 Å². The second-order valence-corrected chi connectivity index (χ2v) is 5.40. The number of nitrogens with one attached hydrogen (secondary N) is 1. The van der Waals surface area contributed by atoms with Crippen LogP contribution < -0.4 is 4.72 Å². The summed E-state index contributed by atoms with van der Waals surface area (Å²) in [7, 11) is -2.11. The number of ether oxygens (including phenoxy) is 1. The Labute approximate surface area is 111 Å². The summed E-state index contributed by atoms with van der Waals surface area (Å²) in [6.45, 7) is 0.0773. The van der Waals surface area contributed by atoms with Gasteiger partial charge < -0.3 is 9.84 Å². The smallest absolute Gasteiger partial charge is 0.328 e. The van der Waals surface area contributed by atoms with E-state index in [4.69, 9.17) is 5.11 Å². The zero-order chi connectivity index (χ0) is 14.3. The lowest BCUT2D eigenvalue weighted by atomic mass is 10.2. The molecule has 1 heterocycles. The van der Waals surface area contributed by atoms with Gasteiger partial charge in [0, 0.05) is 19.4 Å². The quantitative estimate of drug-likeness (QED) is 0.710. The molecule has 0 amide bonds. The van der Waals surface area contributed by atoms with Crippen molar-refractivity contribution in [3.05, 3.63) is 30.0 Å². The number of anilines is 1. The molecule has 0 atom stereocenters. The number of aromatic nitrogens is 1. The van der Waals surface area contributed by atoms with Crippen LogP contribution in [0.1, 0.15) is 5.56 Å². The van der Waals surface area contributed by atoms with Gasteiger partial charge in [-0.3, -0.25) is 4.72 Å². The SMILES string of the molecule is COCCS(=O)(=O)Nc1cc(/C=C/C(=O)O)ccn1. The van der Waals surface area contributed by atoms with Crippen molar-refractivity contribution < 1.29 is 23.1 Å². The summed E-state index contributed by atoms with van der Waals surface area (Å²) in [6, 6.07) is 3.00. The molecule has 0 bridgehead atoms. The molecule has 8 heteroatoms. The second kappa shape index (κ2) is 6.86. The van der Waals surface area contributed by atoms with Crippen LogP contribution in [0, 0.1) is 0 Å². The van der Waals surface area contributed by atoms with Crippen LogP contribution in [-0.2, 0) is 19.6 Å². The first-order valence-corrected chi connectivity index (χ1v) is 6.94. The van der Waals surface area contributed by atoms with E-state index in [1.165, 1.54) is 25.4 Å². The maximum Gasteiger partial charge on any atom is 0.328 e. The highest BCUT2D eigenvalue weighted by Crippen LogP contribution is 2.10. The summed E-state index contributed by atoms with van der Waals surface area (Å²) in [4.78, 5) is 14.2. The average molecular weight is 286 g/mol. The predicted molar refractivity (Wildman–Crippen MR) is 70.2 cm³/mol. The van der Waals surface area contributed by atoms with Gasteiger partial charge in [-0.05, 0) is 23.8 Å². The molecule has 0 radical (unpaired) electrons. The molecule has 104 valence electrons. The Morgan fingerprint density at radius 1 is 1.58 bits per heavy atom. The van der Waals surface area contributed by atoms with E-state index in [2.05, 4.69) is 14.4 Å². The Hall–Kier alpha value is -1.93. The Balaban J connectivity index is 2.80. The van der Waals surface area contributed by atoms with Crippen LogP contribution in [0.5, 0.6) is 0 Å². The van der Waals surface area contributed by atoms with E-state index in [1.54, 1.807) is 6.07 Å². The lowest BCUT2D eigenvalue weighted by Crippen LogP contribution is -2.20. The molecule has 19 heavy (non-hydrogen) atoms. The van der Waals surface area contributed by atoms with Gasteiger partial charge in [0.05, 0.1) is 12.4 Å². The molecule has 2 N–H and O–H groups in total. The van der Waals surface area contributed by atoms with E-state index in [9.17, 15) is 13.2 Å². The maximum absolute atomic E-state index is 11.6. The first-order valence-electron chi connectivity index (χ1n) is 5.29. The van der Waals surface area contributed by atoms with Crippen LogP contribution in [0.2, 0.25) is 0 Å². The van der Waals surface area contributed by atoms with Crippen molar-refractivity contribution in [1.82, 2.24) is 4.98 Å². The van der Waals surface area contributed by atoms with Crippen LogP contribution in [0.25, 0.3) is 6.08 Å². The zero-order valence-electron chi connectivity index (χ0n) is 10.2. The summed E-state index contributed by atoms with van der Waals surface area (Å²) in [6.07, 6.45) is 3.69. The van der Waals surface area contributed by atoms with Gasteiger partial charge in [0.25, 0.3) is 0 Å². The molecule has 0 fully saturated rings. The molecule has 0 saturated heterocycles. The highest BCUT2D eigenvalue weighted by molar-refractivity contribution is 7.92. The van der Waals surface area contributed by atoms with Crippen molar-refractivity contribution in [2.75, 3.05) is 24.2 Å². The standard InChI is InChI=1S/C11H14N2O5S/c1-18-6-7-19(16,17)13-10-8-9(4-5-12-10)2-3-11(14)15/h2-5,8H,6-7H2,1H3,(H,12,13)(H,14,15)/b3-2+. The van der Waals surface area contributed by atoms with Gasteiger partial charge in [0.15, 0.2) is 0 Å². The fourth-order valence-corrected chi connectivity index (χ4v) is 2.10. The number of aliphatic carboxylic acids is 1. The Kier molecular flexibility index (Phi) is 5.46. The molecule has 0 aliphatic rings. The molecular weight excluding hydrogens is 272 g/mol. The summed E-state index contributed by atoms with van der Waals surface area (Å²) in [5, 5.41) is 8.50. The summed E-state index contributed by atoms with van der Waals surface area (Å²) < 4.78 is 30.2. The molecular formula is C11H14N2O5S. The van der Waals surface area contributed by atoms with Crippen molar-refractivity contribution in [2.24, 2.45) is 0 Å². The molecule has 0 aliphatic heterocycles. The van der Waals surface area contributed by atoms with E-state index in [1.807, 2.05) is 0 Å². The number of pyridine rings is 1. The van der Waals surface area contributed by atoms with Crippen LogP contribution in [-0.4, -0.2) is 43.9 Å². The summed E-state index contributed by atoms with van der Waals surface area (Å²) >= 11 is 0. The van der Waals surface area contributed by atoms with Crippen molar-refractivity contribution >= 4 is 27.9 Å². The predicted octanol–water partition coefficient (Wildman–Crippen LogP) is 0.567. The lowest BCUT2D eigenvalue weighted by Gasteiger charge is -2.06. The molecule has 0 aliphatic carbocycles. The first-order chi connectivity index (χ1) is 8.93. The van der Waals surface area contributed by atoms with Gasteiger partial charge >= 0.3 is 5.97 Å². The highest BCUT2D eigenvalue weighted by Gasteiger charge is 2.10. The van der Waals surface area contributed by atoms with E-state index >= 15 is 0 Å². The number of nitrogens with zero attached hydrogens (tertiary/aromatic N) is 1. The summed E-state index contributed by atoms with van der Waals surface area (Å²) in [5.74, 6) is -1.14. The third-order valence-electron chi connectivity index (χ3n) is 2.02. The Morgan fingerprint density at radius 3 is 2.95 bits per heavy atom. The van der Waals surface area contributed by atoms with Crippen molar-refractivity contribution in [3.63, 3.8) is 0 Å². The molecule has 7 nitrogen and oxygen atoms in total. The van der Waals surface area contributed by atoms with Gasteiger partial charge in [-0.15, -0.1) is 0 Å². The molecule has 0 aromatic carbocycles. The molecule has 0 unspecified atom stereocenters. The number of carboxylic acids is 1. The molecule has 1 aromatic rings. The van der Waals surface area contributed by atoms with E-state index in [0.717, 1.165) is 6.08 Å². The monoisotopic (exact) mass is 286 g/mol. The topological polar surface area (TPSA) is 106 Å². The average Bonchev–Trinajstić information content (AvgIpc) is 2.34. The van der Waals surface area contributed by atoms with Gasteiger partial charge in [-0.1, -0.05) is 0 Å². The third kappa shape index (κ3) is 5.98. The molecule has 0 saturated carbocycles. The van der Waals surface area contributed by atoms with E-state index in [0.29, 0.717) is 5.56 Å². The highest BCUT2D eigenvalue weighted by atomic mass is 32.2. The fourth-order valence-electron chi connectivity index (χ4n) is 1.18. The van der Waals surface area contributed by atoms with Gasteiger partial charge in [0.2, 0.25) is 10.0 Å². The Bertz CT molecular complexity index is 568. The minimum absolute atomic E-state index is 0.0773.